The third-order valence-corrected chi connectivity index (χ3v) is 6.47. The topological polar surface area (TPSA) is 85.1 Å². The SMILES string of the molecule is Cc1cc(C(=O)NCC2CCCCN2CCn2nc3c(cc2=O)CCCC3)nn1C. The van der Waals surface area contributed by atoms with Crippen molar-refractivity contribution in [2.45, 2.75) is 64.5 Å². The van der Waals surface area contributed by atoms with Gasteiger partial charge in [-0.2, -0.15) is 10.2 Å². The number of carbonyl (C=O) groups excluding carboxylic acids is 1. The lowest BCUT2D eigenvalue weighted by Gasteiger charge is -2.35. The fourth-order valence-corrected chi connectivity index (χ4v) is 4.54. The molecule has 1 saturated heterocycles. The highest BCUT2D eigenvalue weighted by Gasteiger charge is 2.24. The minimum absolute atomic E-state index is 0.00281. The van der Waals surface area contributed by atoms with Crippen LogP contribution in [0.5, 0.6) is 0 Å². The maximum atomic E-state index is 12.5. The van der Waals surface area contributed by atoms with E-state index in [0.717, 1.165) is 75.0 Å². The second-order valence-electron chi connectivity index (χ2n) is 8.57. The van der Waals surface area contributed by atoms with E-state index in [1.165, 1.54) is 0 Å². The number of aryl methyl sites for hydroxylation is 4. The molecule has 8 nitrogen and oxygen atoms in total. The lowest BCUT2D eigenvalue weighted by atomic mass is 9.97. The number of carbonyl (C=O) groups is 1. The number of rotatable bonds is 6. The van der Waals surface area contributed by atoms with Crippen molar-refractivity contribution < 1.29 is 4.79 Å². The lowest BCUT2D eigenvalue weighted by molar-refractivity contribution is 0.0903. The van der Waals surface area contributed by atoms with Gasteiger partial charge in [-0.05, 0) is 63.6 Å². The highest BCUT2D eigenvalue weighted by atomic mass is 16.2. The first-order chi connectivity index (χ1) is 14.5. The van der Waals surface area contributed by atoms with Gasteiger partial charge in [0, 0.05) is 37.9 Å². The summed E-state index contributed by atoms with van der Waals surface area (Å²) in [6.07, 6.45) is 7.61. The molecule has 1 aliphatic carbocycles. The number of nitrogens with zero attached hydrogens (tertiary/aromatic N) is 5. The van der Waals surface area contributed by atoms with E-state index >= 15 is 0 Å². The predicted molar refractivity (Wildman–Crippen MR) is 115 cm³/mol. The average molecular weight is 413 g/mol. The summed E-state index contributed by atoms with van der Waals surface area (Å²) in [4.78, 5) is 27.3. The Bertz CT molecular complexity index is 944. The molecule has 2 aliphatic rings. The molecule has 0 spiro atoms. The second kappa shape index (κ2) is 9.12. The molecule has 1 amide bonds. The highest BCUT2D eigenvalue weighted by Crippen LogP contribution is 2.18. The van der Waals surface area contributed by atoms with E-state index in [4.69, 9.17) is 0 Å². The van der Waals surface area contributed by atoms with E-state index in [1.807, 2.05) is 20.0 Å². The van der Waals surface area contributed by atoms with E-state index in [1.54, 1.807) is 15.4 Å². The quantitative estimate of drug-likeness (QED) is 0.776. The Balaban J connectivity index is 1.36. The molecule has 0 bridgehead atoms. The van der Waals surface area contributed by atoms with Crippen molar-refractivity contribution in [2.75, 3.05) is 19.6 Å². The lowest BCUT2D eigenvalue weighted by Crippen LogP contribution is -2.48. The van der Waals surface area contributed by atoms with Gasteiger partial charge in [-0.15, -0.1) is 0 Å². The zero-order valence-corrected chi connectivity index (χ0v) is 18.1. The third kappa shape index (κ3) is 4.64. The summed E-state index contributed by atoms with van der Waals surface area (Å²) in [6, 6.07) is 3.87. The number of fused-ring (bicyclic) bond motifs is 1. The Morgan fingerprint density at radius 1 is 1.13 bits per heavy atom. The fourth-order valence-electron chi connectivity index (χ4n) is 4.54. The Morgan fingerprint density at radius 3 is 2.77 bits per heavy atom. The van der Waals surface area contributed by atoms with Crippen LogP contribution < -0.4 is 10.9 Å². The van der Waals surface area contributed by atoms with Gasteiger partial charge < -0.3 is 5.32 Å². The van der Waals surface area contributed by atoms with Crippen LogP contribution in [0.25, 0.3) is 0 Å². The molecular formula is C22H32N6O2. The number of likely N-dealkylation sites (tertiary alicyclic amines) is 1. The smallest absolute Gasteiger partial charge is 0.271 e. The summed E-state index contributed by atoms with van der Waals surface area (Å²) in [5, 5.41) is 12.0. The molecule has 1 atom stereocenters. The molecule has 0 aromatic carbocycles. The largest absolute Gasteiger partial charge is 0.349 e. The maximum absolute atomic E-state index is 12.5. The van der Waals surface area contributed by atoms with Crippen LogP contribution in [-0.4, -0.2) is 56.0 Å². The van der Waals surface area contributed by atoms with Crippen molar-refractivity contribution in [2.24, 2.45) is 7.05 Å². The summed E-state index contributed by atoms with van der Waals surface area (Å²) in [5.74, 6) is -0.128. The van der Waals surface area contributed by atoms with Crippen LogP contribution in [-0.2, 0) is 26.4 Å². The Labute approximate surface area is 177 Å². The van der Waals surface area contributed by atoms with Crippen LogP contribution in [0.15, 0.2) is 16.9 Å². The van der Waals surface area contributed by atoms with Gasteiger partial charge in [-0.25, -0.2) is 4.68 Å². The highest BCUT2D eigenvalue weighted by molar-refractivity contribution is 5.92. The normalized spacial score (nSPS) is 19.5. The summed E-state index contributed by atoms with van der Waals surface area (Å²) in [5.41, 5.74) is 3.65. The molecule has 162 valence electrons. The van der Waals surface area contributed by atoms with E-state index in [-0.39, 0.29) is 17.5 Å². The van der Waals surface area contributed by atoms with E-state index in [2.05, 4.69) is 20.4 Å². The Morgan fingerprint density at radius 2 is 1.97 bits per heavy atom. The number of nitrogens with one attached hydrogen (secondary N) is 1. The van der Waals surface area contributed by atoms with Gasteiger partial charge in [-0.1, -0.05) is 6.42 Å². The Kier molecular flexibility index (Phi) is 6.32. The van der Waals surface area contributed by atoms with Crippen LogP contribution in [0.4, 0.5) is 0 Å². The van der Waals surface area contributed by atoms with Crippen molar-refractivity contribution in [1.82, 2.24) is 29.8 Å². The first-order valence-electron chi connectivity index (χ1n) is 11.1. The van der Waals surface area contributed by atoms with Crippen molar-refractivity contribution in [3.05, 3.63) is 45.1 Å². The van der Waals surface area contributed by atoms with E-state index in [0.29, 0.717) is 18.8 Å². The van der Waals surface area contributed by atoms with Crippen molar-refractivity contribution >= 4 is 5.91 Å². The molecule has 1 aliphatic heterocycles. The van der Waals surface area contributed by atoms with Crippen LogP contribution in [0.3, 0.4) is 0 Å². The third-order valence-electron chi connectivity index (χ3n) is 6.47. The maximum Gasteiger partial charge on any atom is 0.271 e. The van der Waals surface area contributed by atoms with Crippen LogP contribution in [0.1, 0.15) is 59.5 Å². The van der Waals surface area contributed by atoms with Gasteiger partial charge in [-0.3, -0.25) is 19.2 Å². The zero-order chi connectivity index (χ0) is 21.1. The van der Waals surface area contributed by atoms with Crippen LogP contribution in [0.2, 0.25) is 0 Å². The summed E-state index contributed by atoms with van der Waals surface area (Å²) in [6.45, 7) is 4.89. The van der Waals surface area contributed by atoms with Gasteiger partial charge in [0.1, 0.15) is 5.69 Å². The first kappa shape index (κ1) is 20.8. The number of piperidine rings is 1. The van der Waals surface area contributed by atoms with Crippen LogP contribution >= 0.6 is 0 Å². The predicted octanol–water partition coefficient (Wildman–Crippen LogP) is 1.45. The first-order valence-corrected chi connectivity index (χ1v) is 11.1. The minimum atomic E-state index is -0.128. The molecule has 1 N–H and O–H groups in total. The Hall–Kier alpha value is -2.48. The van der Waals surface area contributed by atoms with Gasteiger partial charge >= 0.3 is 0 Å². The van der Waals surface area contributed by atoms with Crippen molar-refractivity contribution in [3.63, 3.8) is 0 Å². The number of hydrogen-bond acceptors (Lipinski definition) is 5. The molecule has 0 radical (unpaired) electrons. The molecule has 30 heavy (non-hydrogen) atoms. The van der Waals surface area contributed by atoms with E-state index < -0.39 is 0 Å². The monoisotopic (exact) mass is 412 g/mol. The van der Waals surface area contributed by atoms with Crippen molar-refractivity contribution in [3.8, 4) is 0 Å². The molecule has 1 unspecified atom stereocenters. The second-order valence-corrected chi connectivity index (χ2v) is 8.57. The average Bonchev–Trinajstić information content (AvgIpc) is 3.09. The zero-order valence-electron chi connectivity index (χ0n) is 18.1. The molecule has 0 saturated carbocycles. The molecular weight excluding hydrogens is 380 g/mol. The van der Waals surface area contributed by atoms with Gasteiger partial charge in [0.2, 0.25) is 0 Å². The summed E-state index contributed by atoms with van der Waals surface area (Å²) >= 11 is 0. The standard InChI is InChI=1S/C22H32N6O2/c1-16-13-20(24-26(16)2)22(30)23-15-18-8-5-6-10-27(18)11-12-28-21(29)14-17-7-3-4-9-19(17)25-28/h13-14,18H,3-12,15H2,1-2H3,(H,23,30). The van der Waals surface area contributed by atoms with Crippen molar-refractivity contribution in [1.29, 1.82) is 0 Å². The molecule has 2 aromatic heterocycles. The summed E-state index contributed by atoms with van der Waals surface area (Å²) in [7, 11) is 1.84. The van der Waals surface area contributed by atoms with Crippen LogP contribution in [0, 0.1) is 6.92 Å². The number of hydrogen-bond donors (Lipinski definition) is 1. The molecule has 8 heteroatoms. The van der Waals surface area contributed by atoms with Gasteiger partial charge in [0.15, 0.2) is 0 Å². The molecule has 1 fully saturated rings. The van der Waals surface area contributed by atoms with E-state index in [9.17, 15) is 9.59 Å². The molecule has 3 heterocycles. The fraction of sp³-hybridized carbons (Fsp3) is 0.636. The molecule has 4 rings (SSSR count). The number of amides is 1. The van der Waals surface area contributed by atoms with Gasteiger partial charge in [0.05, 0.1) is 12.2 Å². The molecule has 2 aromatic rings. The van der Waals surface area contributed by atoms with Gasteiger partial charge in [0.25, 0.3) is 11.5 Å². The number of aromatic nitrogens is 4. The summed E-state index contributed by atoms with van der Waals surface area (Å²) < 4.78 is 3.34. The minimum Gasteiger partial charge on any atom is -0.349 e.